The molecule has 2 aromatic rings. The molecule has 0 bridgehead atoms. The Balaban J connectivity index is 1.91. The number of amides is 1. The quantitative estimate of drug-likeness (QED) is 0.855. The zero-order chi connectivity index (χ0) is 15.1. The highest BCUT2D eigenvalue weighted by atomic mass is 16.1. The van der Waals surface area contributed by atoms with E-state index in [0.29, 0.717) is 12.1 Å². The number of carbonyl (C=O) groups excluding carboxylic acids is 1. The minimum absolute atomic E-state index is 0.146. The van der Waals surface area contributed by atoms with Crippen molar-refractivity contribution in [3.63, 3.8) is 0 Å². The molecule has 0 saturated carbocycles. The second-order valence-electron chi connectivity index (χ2n) is 4.81. The lowest BCUT2D eigenvalue weighted by atomic mass is 10.2. The molecule has 0 aliphatic carbocycles. The average Bonchev–Trinajstić information content (AvgIpc) is 2.51. The molecule has 0 aromatic carbocycles. The van der Waals surface area contributed by atoms with Crippen molar-refractivity contribution in [2.24, 2.45) is 0 Å². The van der Waals surface area contributed by atoms with Gasteiger partial charge in [-0.2, -0.15) is 0 Å². The molecule has 21 heavy (non-hydrogen) atoms. The SMILES string of the molecule is CCCNc1ccc(C(=O)NCc2cccc(C)n2)cn1. The van der Waals surface area contributed by atoms with E-state index in [1.54, 1.807) is 12.3 Å². The predicted octanol–water partition coefficient (Wildman–Crippen LogP) is 2.54. The Kier molecular flexibility index (Phi) is 5.26. The minimum Gasteiger partial charge on any atom is -0.370 e. The summed E-state index contributed by atoms with van der Waals surface area (Å²) in [5, 5.41) is 6.01. The van der Waals surface area contributed by atoms with Crippen LogP contribution < -0.4 is 10.6 Å². The summed E-state index contributed by atoms with van der Waals surface area (Å²) in [4.78, 5) is 20.6. The summed E-state index contributed by atoms with van der Waals surface area (Å²) in [6.45, 7) is 5.30. The first-order chi connectivity index (χ1) is 10.2. The number of hydrogen-bond acceptors (Lipinski definition) is 4. The van der Waals surface area contributed by atoms with Gasteiger partial charge in [-0.3, -0.25) is 9.78 Å². The maximum absolute atomic E-state index is 12.0. The van der Waals surface area contributed by atoms with Crippen molar-refractivity contribution in [2.45, 2.75) is 26.8 Å². The van der Waals surface area contributed by atoms with Crippen molar-refractivity contribution in [1.29, 1.82) is 0 Å². The van der Waals surface area contributed by atoms with Crippen LogP contribution in [0.2, 0.25) is 0 Å². The number of aryl methyl sites for hydroxylation is 1. The first-order valence-corrected chi connectivity index (χ1v) is 7.09. The third kappa shape index (κ3) is 4.56. The lowest BCUT2D eigenvalue weighted by Crippen LogP contribution is -2.23. The topological polar surface area (TPSA) is 66.9 Å². The second kappa shape index (κ2) is 7.38. The van der Waals surface area contributed by atoms with E-state index in [9.17, 15) is 4.79 Å². The van der Waals surface area contributed by atoms with E-state index in [0.717, 1.165) is 30.2 Å². The van der Waals surface area contributed by atoms with Gasteiger partial charge in [-0.05, 0) is 37.6 Å². The van der Waals surface area contributed by atoms with Crippen molar-refractivity contribution < 1.29 is 4.79 Å². The van der Waals surface area contributed by atoms with Crippen molar-refractivity contribution in [1.82, 2.24) is 15.3 Å². The summed E-state index contributed by atoms with van der Waals surface area (Å²) in [5.41, 5.74) is 2.33. The van der Waals surface area contributed by atoms with Gasteiger partial charge in [0, 0.05) is 18.4 Å². The Morgan fingerprint density at radius 3 is 2.76 bits per heavy atom. The number of carbonyl (C=O) groups is 1. The Morgan fingerprint density at radius 1 is 1.24 bits per heavy atom. The number of nitrogens with zero attached hydrogens (tertiary/aromatic N) is 2. The van der Waals surface area contributed by atoms with Gasteiger partial charge in [0.15, 0.2) is 0 Å². The summed E-state index contributed by atoms with van der Waals surface area (Å²) in [6.07, 6.45) is 2.62. The van der Waals surface area contributed by atoms with E-state index in [4.69, 9.17) is 0 Å². The van der Waals surface area contributed by atoms with E-state index in [-0.39, 0.29) is 5.91 Å². The monoisotopic (exact) mass is 284 g/mol. The zero-order valence-corrected chi connectivity index (χ0v) is 12.4. The lowest BCUT2D eigenvalue weighted by Gasteiger charge is -2.07. The van der Waals surface area contributed by atoms with Crippen LogP contribution in [0.5, 0.6) is 0 Å². The van der Waals surface area contributed by atoms with Gasteiger partial charge in [0.2, 0.25) is 0 Å². The van der Waals surface area contributed by atoms with Crippen LogP contribution in [-0.2, 0) is 6.54 Å². The highest BCUT2D eigenvalue weighted by molar-refractivity contribution is 5.93. The number of aromatic nitrogens is 2. The van der Waals surface area contributed by atoms with Crippen LogP contribution in [0.25, 0.3) is 0 Å². The molecule has 2 N–H and O–H groups in total. The van der Waals surface area contributed by atoms with Crippen LogP contribution in [0, 0.1) is 6.92 Å². The van der Waals surface area contributed by atoms with E-state index in [1.807, 2.05) is 31.2 Å². The Hall–Kier alpha value is -2.43. The van der Waals surface area contributed by atoms with Gasteiger partial charge in [0.05, 0.1) is 17.8 Å². The molecule has 0 aliphatic rings. The van der Waals surface area contributed by atoms with Gasteiger partial charge in [-0.25, -0.2) is 4.98 Å². The van der Waals surface area contributed by atoms with Gasteiger partial charge in [0.25, 0.3) is 5.91 Å². The molecule has 0 unspecified atom stereocenters. The highest BCUT2D eigenvalue weighted by Gasteiger charge is 2.06. The Labute approximate surface area is 124 Å². The highest BCUT2D eigenvalue weighted by Crippen LogP contribution is 2.05. The Bertz CT molecular complexity index is 595. The fraction of sp³-hybridized carbons (Fsp3) is 0.312. The van der Waals surface area contributed by atoms with E-state index in [1.165, 1.54) is 0 Å². The van der Waals surface area contributed by atoms with E-state index < -0.39 is 0 Å². The number of pyridine rings is 2. The number of nitrogens with one attached hydrogen (secondary N) is 2. The van der Waals surface area contributed by atoms with Crippen LogP contribution in [0.1, 0.15) is 35.1 Å². The standard InChI is InChI=1S/C16H20N4O/c1-3-9-17-15-8-7-13(10-18-15)16(21)19-11-14-6-4-5-12(2)20-14/h4-8,10H,3,9,11H2,1-2H3,(H,17,18)(H,19,21). The molecular weight excluding hydrogens is 264 g/mol. The van der Waals surface area contributed by atoms with Crippen molar-refractivity contribution in [3.05, 3.63) is 53.5 Å². The zero-order valence-electron chi connectivity index (χ0n) is 12.4. The molecule has 0 spiro atoms. The molecule has 0 atom stereocenters. The molecule has 1 amide bonds. The van der Waals surface area contributed by atoms with Crippen LogP contribution in [0.15, 0.2) is 36.5 Å². The number of hydrogen-bond donors (Lipinski definition) is 2. The molecular formula is C16H20N4O. The summed E-state index contributed by atoms with van der Waals surface area (Å²) < 4.78 is 0. The molecule has 0 saturated heterocycles. The van der Waals surface area contributed by atoms with Crippen molar-refractivity contribution in [3.8, 4) is 0 Å². The third-order valence-electron chi connectivity index (χ3n) is 2.96. The molecule has 5 heteroatoms. The largest absolute Gasteiger partial charge is 0.370 e. The predicted molar refractivity (Wildman–Crippen MR) is 83.2 cm³/mol. The summed E-state index contributed by atoms with van der Waals surface area (Å²) >= 11 is 0. The van der Waals surface area contributed by atoms with Crippen LogP contribution in [0.4, 0.5) is 5.82 Å². The fourth-order valence-corrected chi connectivity index (χ4v) is 1.86. The molecule has 2 rings (SSSR count). The van der Waals surface area contributed by atoms with Crippen LogP contribution >= 0.6 is 0 Å². The molecule has 0 fully saturated rings. The maximum Gasteiger partial charge on any atom is 0.253 e. The van der Waals surface area contributed by atoms with Gasteiger partial charge < -0.3 is 10.6 Å². The van der Waals surface area contributed by atoms with Crippen molar-refractivity contribution in [2.75, 3.05) is 11.9 Å². The smallest absolute Gasteiger partial charge is 0.253 e. The molecule has 110 valence electrons. The van der Waals surface area contributed by atoms with Gasteiger partial charge in [-0.1, -0.05) is 13.0 Å². The van der Waals surface area contributed by atoms with Crippen molar-refractivity contribution >= 4 is 11.7 Å². The summed E-state index contributed by atoms with van der Waals surface area (Å²) in [6, 6.07) is 9.33. The summed E-state index contributed by atoms with van der Waals surface area (Å²) in [7, 11) is 0. The summed E-state index contributed by atoms with van der Waals surface area (Å²) in [5.74, 6) is 0.640. The van der Waals surface area contributed by atoms with Gasteiger partial charge in [0.1, 0.15) is 5.82 Å². The average molecular weight is 284 g/mol. The first kappa shape index (κ1) is 15.0. The molecule has 0 radical (unpaired) electrons. The van der Waals surface area contributed by atoms with Crippen LogP contribution in [0.3, 0.4) is 0 Å². The molecule has 2 aromatic heterocycles. The molecule has 0 aliphatic heterocycles. The lowest BCUT2D eigenvalue weighted by molar-refractivity contribution is 0.0950. The maximum atomic E-state index is 12.0. The third-order valence-corrected chi connectivity index (χ3v) is 2.96. The fourth-order valence-electron chi connectivity index (χ4n) is 1.86. The second-order valence-corrected chi connectivity index (χ2v) is 4.81. The number of anilines is 1. The van der Waals surface area contributed by atoms with Gasteiger partial charge >= 0.3 is 0 Å². The van der Waals surface area contributed by atoms with E-state index in [2.05, 4.69) is 27.5 Å². The normalized spacial score (nSPS) is 10.2. The van der Waals surface area contributed by atoms with Crippen LogP contribution in [-0.4, -0.2) is 22.4 Å². The molecule has 5 nitrogen and oxygen atoms in total. The number of rotatable bonds is 6. The Morgan fingerprint density at radius 2 is 2.10 bits per heavy atom. The first-order valence-electron chi connectivity index (χ1n) is 7.09. The molecule has 2 heterocycles. The van der Waals surface area contributed by atoms with Gasteiger partial charge in [-0.15, -0.1) is 0 Å². The minimum atomic E-state index is -0.146. The van der Waals surface area contributed by atoms with E-state index >= 15 is 0 Å².